The molecule has 0 saturated carbocycles. The molecular formula is C20H25N3O4. The number of benzene rings is 2. The third kappa shape index (κ3) is 5.52. The Labute approximate surface area is 159 Å². The first-order valence-electron chi connectivity index (χ1n) is 8.82. The molecule has 0 amide bonds. The van der Waals surface area contributed by atoms with E-state index in [-0.39, 0.29) is 6.79 Å². The lowest BCUT2D eigenvalue weighted by molar-refractivity contribution is 0.146. The first kappa shape index (κ1) is 18.8. The summed E-state index contributed by atoms with van der Waals surface area (Å²) in [7, 11) is 3.41. The van der Waals surface area contributed by atoms with E-state index >= 15 is 0 Å². The minimum atomic E-state index is 0.283. The van der Waals surface area contributed by atoms with Crippen molar-refractivity contribution in [3.63, 3.8) is 0 Å². The van der Waals surface area contributed by atoms with E-state index < -0.39 is 0 Å². The maximum Gasteiger partial charge on any atom is 0.231 e. The Balaban J connectivity index is 1.45. The predicted molar refractivity (Wildman–Crippen MR) is 103 cm³/mol. The SMILES string of the molecule is CN=C(NCc1ccc(OCCOC)cc1)NCc1ccc2c(c1)OCO2. The van der Waals surface area contributed by atoms with Gasteiger partial charge in [-0.3, -0.25) is 4.99 Å². The number of nitrogens with zero attached hydrogens (tertiary/aromatic N) is 1. The molecule has 1 aliphatic rings. The highest BCUT2D eigenvalue weighted by Crippen LogP contribution is 2.32. The zero-order chi connectivity index (χ0) is 18.9. The van der Waals surface area contributed by atoms with Gasteiger partial charge in [0.05, 0.1) is 6.61 Å². The van der Waals surface area contributed by atoms with Crippen molar-refractivity contribution in [1.82, 2.24) is 10.6 Å². The van der Waals surface area contributed by atoms with E-state index in [9.17, 15) is 0 Å². The van der Waals surface area contributed by atoms with Crippen molar-refractivity contribution in [2.75, 3.05) is 34.2 Å². The predicted octanol–water partition coefficient (Wildman–Crippen LogP) is 2.31. The summed E-state index contributed by atoms with van der Waals surface area (Å²) in [6, 6.07) is 13.9. The third-order valence-corrected chi connectivity index (χ3v) is 4.06. The van der Waals surface area contributed by atoms with Crippen molar-refractivity contribution in [3.05, 3.63) is 53.6 Å². The Morgan fingerprint density at radius 2 is 1.67 bits per heavy atom. The quantitative estimate of drug-likeness (QED) is 0.421. The fraction of sp³-hybridized carbons (Fsp3) is 0.350. The monoisotopic (exact) mass is 371 g/mol. The summed E-state index contributed by atoms with van der Waals surface area (Å²) in [5.41, 5.74) is 2.24. The van der Waals surface area contributed by atoms with Crippen LogP contribution >= 0.6 is 0 Å². The van der Waals surface area contributed by atoms with Gasteiger partial charge in [0.15, 0.2) is 17.5 Å². The van der Waals surface area contributed by atoms with E-state index in [1.165, 1.54) is 0 Å². The van der Waals surface area contributed by atoms with Gasteiger partial charge < -0.3 is 29.6 Å². The summed E-state index contributed by atoms with van der Waals surface area (Å²) in [4.78, 5) is 4.26. The number of fused-ring (bicyclic) bond motifs is 1. The normalized spacial score (nSPS) is 12.7. The topological polar surface area (TPSA) is 73.3 Å². The maximum absolute atomic E-state index is 5.57. The summed E-state index contributed by atoms with van der Waals surface area (Å²) < 4.78 is 21.3. The molecule has 0 spiro atoms. The number of rotatable bonds is 8. The smallest absolute Gasteiger partial charge is 0.231 e. The molecule has 0 aromatic heterocycles. The minimum Gasteiger partial charge on any atom is -0.491 e. The molecule has 2 N–H and O–H groups in total. The van der Waals surface area contributed by atoms with Gasteiger partial charge in [-0.25, -0.2) is 0 Å². The maximum atomic E-state index is 5.57. The molecule has 0 fully saturated rings. The number of hydrogen-bond donors (Lipinski definition) is 2. The number of guanidine groups is 1. The molecule has 2 aromatic carbocycles. The van der Waals surface area contributed by atoms with Crippen LogP contribution in [0.1, 0.15) is 11.1 Å². The number of hydrogen-bond acceptors (Lipinski definition) is 5. The summed E-state index contributed by atoms with van der Waals surface area (Å²) in [5, 5.41) is 6.60. The number of ether oxygens (including phenoxy) is 4. The van der Waals surface area contributed by atoms with Gasteiger partial charge in [0, 0.05) is 27.2 Å². The first-order chi connectivity index (χ1) is 13.3. The van der Waals surface area contributed by atoms with Crippen molar-refractivity contribution in [2.45, 2.75) is 13.1 Å². The summed E-state index contributed by atoms with van der Waals surface area (Å²) in [6.07, 6.45) is 0. The second-order valence-corrected chi connectivity index (χ2v) is 5.95. The summed E-state index contributed by atoms with van der Waals surface area (Å²) in [6.45, 7) is 2.71. The lowest BCUT2D eigenvalue weighted by Crippen LogP contribution is -2.36. The third-order valence-electron chi connectivity index (χ3n) is 4.06. The van der Waals surface area contributed by atoms with Gasteiger partial charge in [0.2, 0.25) is 6.79 Å². The molecule has 27 heavy (non-hydrogen) atoms. The van der Waals surface area contributed by atoms with E-state index in [0.29, 0.717) is 26.3 Å². The highest BCUT2D eigenvalue weighted by molar-refractivity contribution is 5.79. The lowest BCUT2D eigenvalue weighted by Gasteiger charge is -2.13. The zero-order valence-electron chi connectivity index (χ0n) is 15.7. The molecule has 7 nitrogen and oxygen atoms in total. The molecule has 1 aliphatic heterocycles. The zero-order valence-corrected chi connectivity index (χ0v) is 15.7. The molecule has 0 unspecified atom stereocenters. The molecule has 0 aliphatic carbocycles. The molecule has 144 valence electrons. The molecule has 1 heterocycles. The number of methoxy groups -OCH3 is 1. The molecule has 3 rings (SSSR count). The van der Waals surface area contributed by atoms with Gasteiger partial charge in [0.25, 0.3) is 0 Å². The molecular weight excluding hydrogens is 346 g/mol. The van der Waals surface area contributed by atoms with E-state index in [0.717, 1.165) is 34.3 Å². The lowest BCUT2D eigenvalue weighted by atomic mass is 10.2. The Morgan fingerprint density at radius 3 is 2.41 bits per heavy atom. The highest BCUT2D eigenvalue weighted by Gasteiger charge is 2.13. The van der Waals surface area contributed by atoms with Crippen molar-refractivity contribution in [1.29, 1.82) is 0 Å². The first-order valence-corrected chi connectivity index (χ1v) is 8.82. The highest BCUT2D eigenvalue weighted by atomic mass is 16.7. The fourth-order valence-corrected chi connectivity index (χ4v) is 2.59. The number of aliphatic imine (C=N–C) groups is 1. The second kappa shape index (κ2) is 9.68. The number of nitrogens with one attached hydrogen (secondary N) is 2. The minimum absolute atomic E-state index is 0.283. The standard InChI is InChI=1S/C20H25N3O4/c1-21-20(23-13-16-5-8-18-19(11-16)27-14-26-18)22-12-15-3-6-17(7-4-15)25-10-9-24-2/h3-8,11H,9-10,12-14H2,1-2H3,(H2,21,22,23). The van der Waals surface area contributed by atoms with Crippen LogP contribution in [0.15, 0.2) is 47.5 Å². The van der Waals surface area contributed by atoms with E-state index in [2.05, 4.69) is 15.6 Å². The Kier molecular flexibility index (Phi) is 6.76. The Morgan fingerprint density at radius 1 is 0.963 bits per heavy atom. The van der Waals surface area contributed by atoms with Crippen LogP contribution in [-0.4, -0.2) is 40.1 Å². The van der Waals surface area contributed by atoms with Gasteiger partial charge in [0.1, 0.15) is 12.4 Å². The van der Waals surface area contributed by atoms with E-state index in [1.54, 1.807) is 14.2 Å². The summed E-state index contributed by atoms with van der Waals surface area (Å²) in [5.74, 6) is 3.13. The van der Waals surface area contributed by atoms with Crippen LogP contribution in [0, 0.1) is 0 Å². The van der Waals surface area contributed by atoms with Gasteiger partial charge in [-0.1, -0.05) is 18.2 Å². The van der Waals surface area contributed by atoms with Crippen LogP contribution < -0.4 is 24.8 Å². The van der Waals surface area contributed by atoms with Gasteiger partial charge >= 0.3 is 0 Å². The molecule has 0 bridgehead atoms. The van der Waals surface area contributed by atoms with Crippen LogP contribution in [0.25, 0.3) is 0 Å². The second-order valence-electron chi connectivity index (χ2n) is 5.95. The van der Waals surface area contributed by atoms with Gasteiger partial charge in [-0.05, 0) is 35.4 Å². The Hall–Kier alpha value is -2.93. The van der Waals surface area contributed by atoms with Crippen LogP contribution in [-0.2, 0) is 17.8 Å². The summed E-state index contributed by atoms with van der Waals surface area (Å²) >= 11 is 0. The van der Waals surface area contributed by atoms with E-state index in [4.69, 9.17) is 18.9 Å². The van der Waals surface area contributed by atoms with Gasteiger partial charge in [-0.15, -0.1) is 0 Å². The van der Waals surface area contributed by atoms with Crippen molar-refractivity contribution < 1.29 is 18.9 Å². The van der Waals surface area contributed by atoms with Crippen LogP contribution in [0.5, 0.6) is 17.2 Å². The van der Waals surface area contributed by atoms with E-state index in [1.807, 2.05) is 42.5 Å². The van der Waals surface area contributed by atoms with Crippen LogP contribution in [0.2, 0.25) is 0 Å². The molecule has 7 heteroatoms. The average molecular weight is 371 g/mol. The molecule has 0 saturated heterocycles. The molecule has 0 radical (unpaired) electrons. The van der Waals surface area contributed by atoms with Gasteiger partial charge in [-0.2, -0.15) is 0 Å². The van der Waals surface area contributed by atoms with Crippen LogP contribution in [0.3, 0.4) is 0 Å². The Bertz CT molecular complexity index is 762. The average Bonchev–Trinajstić information content (AvgIpc) is 3.17. The largest absolute Gasteiger partial charge is 0.491 e. The van der Waals surface area contributed by atoms with Crippen LogP contribution in [0.4, 0.5) is 0 Å². The molecule has 2 aromatic rings. The van der Waals surface area contributed by atoms with Crippen molar-refractivity contribution in [3.8, 4) is 17.2 Å². The fourth-order valence-electron chi connectivity index (χ4n) is 2.59. The van der Waals surface area contributed by atoms with Crippen molar-refractivity contribution in [2.24, 2.45) is 4.99 Å². The molecule has 0 atom stereocenters. The van der Waals surface area contributed by atoms with Crippen molar-refractivity contribution >= 4 is 5.96 Å².